The van der Waals surface area contributed by atoms with Gasteiger partial charge in [0.25, 0.3) is 5.91 Å². The summed E-state index contributed by atoms with van der Waals surface area (Å²) in [5.41, 5.74) is 1.37. The lowest BCUT2D eigenvalue weighted by molar-refractivity contribution is 0.0939. The first-order valence-electron chi connectivity index (χ1n) is 8.02. The lowest BCUT2D eigenvalue weighted by atomic mass is 10.1. The van der Waals surface area contributed by atoms with Gasteiger partial charge in [-0.3, -0.25) is 4.79 Å². The Kier molecular flexibility index (Phi) is 5.15. The van der Waals surface area contributed by atoms with Gasteiger partial charge in [0.2, 0.25) is 5.88 Å². The molecule has 2 heterocycles. The third-order valence-electron chi connectivity index (χ3n) is 3.52. The van der Waals surface area contributed by atoms with Crippen molar-refractivity contribution in [2.75, 3.05) is 19.8 Å². The molecular formula is C18H20N2O4. The van der Waals surface area contributed by atoms with Crippen LogP contribution in [0.25, 0.3) is 0 Å². The number of nitrogens with zero attached hydrogens (tertiary/aromatic N) is 1. The standard InChI is InChI=1S/C18H20N2O4/c1-2-8-23-16-7-6-13(11-19-16)12-20-18(21)14-4-3-5-15-17(14)24-10-9-22-15/h3-7,11H,2,8-10,12H2,1H3,(H,20,21). The van der Waals surface area contributed by atoms with Gasteiger partial charge >= 0.3 is 0 Å². The SMILES string of the molecule is CCCOc1ccc(CNC(=O)c2cccc3c2OCCO3)cn1. The van der Waals surface area contributed by atoms with Crippen LogP contribution >= 0.6 is 0 Å². The lowest BCUT2D eigenvalue weighted by Gasteiger charge is -2.20. The number of hydrogen-bond acceptors (Lipinski definition) is 5. The van der Waals surface area contributed by atoms with E-state index in [0.717, 1.165) is 12.0 Å². The van der Waals surface area contributed by atoms with E-state index in [4.69, 9.17) is 14.2 Å². The highest BCUT2D eigenvalue weighted by Crippen LogP contribution is 2.33. The number of rotatable bonds is 6. The summed E-state index contributed by atoms with van der Waals surface area (Å²) >= 11 is 0. The summed E-state index contributed by atoms with van der Waals surface area (Å²) in [6.07, 6.45) is 2.64. The molecule has 0 atom stereocenters. The molecule has 1 N–H and O–H groups in total. The van der Waals surface area contributed by atoms with Crippen molar-refractivity contribution in [1.82, 2.24) is 10.3 Å². The van der Waals surface area contributed by atoms with E-state index in [1.165, 1.54) is 0 Å². The van der Waals surface area contributed by atoms with Gasteiger partial charge in [0.05, 0.1) is 12.2 Å². The van der Waals surface area contributed by atoms with Crippen molar-refractivity contribution in [1.29, 1.82) is 0 Å². The zero-order valence-corrected chi connectivity index (χ0v) is 13.6. The molecule has 0 bridgehead atoms. The average molecular weight is 328 g/mol. The second-order valence-corrected chi connectivity index (χ2v) is 5.37. The van der Waals surface area contributed by atoms with Crippen molar-refractivity contribution < 1.29 is 19.0 Å². The monoisotopic (exact) mass is 328 g/mol. The quantitative estimate of drug-likeness (QED) is 0.882. The zero-order valence-electron chi connectivity index (χ0n) is 13.6. The third-order valence-corrected chi connectivity index (χ3v) is 3.52. The Bertz CT molecular complexity index is 701. The highest BCUT2D eigenvalue weighted by atomic mass is 16.6. The minimum absolute atomic E-state index is 0.205. The number of nitrogens with one attached hydrogen (secondary N) is 1. The summed E-state index contributed by atoms with van der Waals surface area (Å²) < 4.78 is 16.5. The smallest absolute Gasteiger partial charge is 0.255 e. The Labute approximate surface area is 140 Å². The van der Waals surface area contributed by atoms with E-state index in [1.54, 1.807) is 30.5 Å². The molecule has 1 aromatic heterocycles. The Morgan fingerprint density at radius 1 is 1.25 bits per heavy atom. The molecule has 1 aromatic carbocycles. The normalized spacial score (nSPS) is 12.5. The number of hydrogen-bond donors (Lipinski definition) is 1. The van der Waals surface area contributed by atoms with Crippen molar-refractivity contribution >= 4 is 5.91 Å². The highest BCUT2D eigenvalue weighted by Gasteiger charge is 2.20. The van der Waals surface area contributed by atoms with Crippen molar-refractivity contribution in [3.8, 4) is 17.4 Å². The van der Waals surface area contributed by atoms with Gasteiger partial charge in [-0.2, -0.15) is 0 Å². The van der Waals surface area contributed by atoms with Crippen molar-refractivity contribution in [3.05, 3.63) is 47.7 Å². The Morgan fingerprint density at radius 3 is 2.92 bits per heavy atom. The minimum atomic E-state index is -0.205. The molecule has 0 unspecified atom stereocenters. The number of carbonyl (C=O) groups is 1. The molecule has 0 saturated heterocycles. The maximum atomic E-state index is 12.4. The Balaban J connectivity index is 1.61. The predicted octanol–water partition coefficient (Wildman–Crippen LogP) is 2.57. The van der Waals surface area contributed by atoms with Crippen molar-refractivity contribution in [2.24, 2.45) is 0 Å². The van der Waals surface area contributed by atoms with E-state index in [9.17, 15) is 4.79 Å². The van der Waals surface area contributed by atoms with Crippen LogP contribution in [0.15, 0.2) is 36.5 Å². The van der Waals surface area contributed by atoms with Crippen LogP contribution in [-0.4, -0.2) is 30.7 Å². The first-order valence-corrected chi connectivity index (χ1v) is 8.02. The molecule has 0 saturated carbocycles. The molecule has 1 amide bonds. The van der Waals surface area contributed by atoms with Gasteiger partial charge in [0.15, 0.2) is 11.5 Å². The van der Waals surface area contributed by atoms with Crippen LogP contribution in [0, 0.1) is 0 Å². The molecule has 1 aliphatic heterocycles. The summed E-state index contributed by atoms with van der Waals surface area (Å²) in [4.78, 5) is 16.6. The average Bonchev–Trinajstić information content (AvgIpc) is 2.64. The molecule has 1 aliphatic rings. The van der Waals surface area contributed by atoms with Crippen LogP contribution in [0.5, 0.6) is 17.4 Å². The number of benzene rings is 1. The Morgan fingerprint density at radius 2 is 2.12 bits per heavy atom. The topological polar surface area (TPSA) is 69.7 Å². The molecule has 2 aromatic rings. The predicted molar refractivity (Wildman–Crippen MR) is 88.6 cm³/mol. The van der Waals surface area contributed by atoms with Crippen LogP contribution in [0.2, 0.25) is 0 Å². The fourth-order valence-corrected chi connectivity index (χ4v) is 2.34. The maximum Gasteiger partial charge on any atom is 0.255 e. The van der Waals surface area contributed by atoms with Crippen molar-refractivity contribution in [2.45, 2.75) is 19.9 Å². The van der Waals surface area contributed by atoms with Gasteiger partial charge in [0, 0.05) is 18.8 Å². The van der Waals surface area contributed by atoms with E-state index in [1.807, 2.05) is 13.0 Å². The summed E-state index contributed by atoms with van der Waals surface area (Å²) in [6.45, 7) is 4.01. The van der Waals surface area contributed by atoms with Crippen LogP contribution in [-0.2, 0) is 6.54 Å². The van der Waals surface area contributed by atoms with Gasteiger partial charge in [-0.05, 0) is 24.1 Å². The minimum Gasteiger partial charge on any atom is -0.486 e. The molecule has 0 fully saturated rings. The second-order valence-electron chi connectivity index (χ2n) is 5.37. The lowest BCUT2D eigenvalue weighted by Crippen LogP contribution is -2.25. The first kappa shape index (κ1) is 16.1. The molecule has 6 heteroatoms. The molecule has 0 spiro atoms. The fourth-order valence-electron chi connectivity index (χ4n) is 2.34. The number of pyridine rings is 1. The highest BCUT2D eigenvalue weighted by molar-refractivity contribution is 5.97. The molecule has 6 nitrogen and oxygen atoms in total. The van der Waals surface area contributed by atoms with Crippen LogP contribution in [0.1, 0.15) is 29.3 Å². The van der Waals surface area contributed by atoms with Gasteiger partial charge in [-0.1, -0.05) is 19.1 Å². The Hall–Kier alpha value is -2.76. The van der Waals surface area contributed by atoms with Gasteiger partial charge in [-0.15, -0.1) is 0 Å². The second kappa shape index (κ2) is 7.68. The third kappa shape index (κ3) is 3.76. The molecule has 3 rings (SSSR count). The van der Waals surface area contributed by atoms with E-state index in [2.05, 4.69) is 10.3 Å². The van der Waals surface area contributed by atoms with E-state index < -0.39 is 0 Å². The largest absolute Gasteiger partial charge is 0.486 e. The van der Waals surface area contributed by atoms with Crippen LogP contribution in [0.4, 0.5) is 0 Å². The van der Waals surface area contributed by atoms with Crippen molar-refractivity contribution in [3.63, 3.8) is 0 Å². The molecular weight excluding hydrogens is 308 g/mol. The molecule has 0 radical (unpaired) electrons. The molecule has 126 valence electrons. The zero-order chi connectivity index (χ0) is 16.8. The summed E-state index contributed by atoms with van der Waals surface area (Å²) in [5, 5.41) is 2.87. The number of para-hydroxylation sites is 1. The summed E-state index contributed by atoms with van der Waals surface area (Å²) in [6, 6.07) is 8.99. The molecule has 0 aliphatic carbocycles. The number of fused-ring (bicyclic) bond motifs is 1. The molecule has 24 heavy (non-hydrogen) atoms. The number of carbonyl (C=O) groups excluding carboxylic acids is 1. The number of ether oxygens (including phenoxy) is 3. The summed E-state index contributed by atoms with van der Waals surface area (Å²) in [7, 11) is 0. The van der Waals surface area contributed by atoms with Crippen LogP contribution < -0.4 is 19.5 Å². The van der Waals surface area contributed by atoms with E-state index in [0.29, 0.717) is 49.3 Å². The van der Waals surface area contributed by atoms with Gasteiger partial charge in [0.1, 0.15) is 13.2 Å². The summed E-state index contributed by atoms with van der Waals surface area (Å²) in [5.74, 6) is 1.49. The van der Waals surface area contributed by atoms with E-state index in [-0.39, 0.29) is 5.91 Å². The number of aromatic nitrogens is 1. The maximum absolute atomic E-state index is 12.4. The van der Waals surface area contributed by atoms with Gasteiger partial charge in [-0.25, -0.2) is 4.98 Å². The fraction of sp³-hybridized carbons (Fsp3) is 0.333. The van der Waals surface area contributed by atoms with E-state index >= 15 is 0 Å². The number of amides is 1. The first-order chi connectivity index (χ1) is 11.8. The van der Waals surface area contributed by atoms with Crippen LogP contribution in [0.3, 0.4) is 0 Å². The van der Waals surface area contributed by atoms with Gasteiger partial charge < -0.3 is 19.5 Å².